The van der Waals surface area contributed by atoms with Crippen LogP contribution in [-0.2, 0) is 6.18 Å². The van der Waals surface area contributed by atoms with E-state index in [1.807, 2.05) is 0 Å². The van der Waals surface area contributed by atoms with Crippen molar-refractivity contribution in [3.8, 4) is 11.1 Å². The second-order valence-corrected chi connectivity index (χ2v) is 3.88. The first-order valence-electron chi connectivity index (χ1n) is 4.76. The normalized spacial score (nSPS) is 11.5. The van der Waals surface area contributed by atoms with Gasteiger partial charge in [0, 0.05) is 16.8 Å². The van der Waals surface area contributed by atoms with E-state index in [4.69, 9.17) is 11.6 Å². The van der Waals surface area contributed by atoms with E-state index in [9.17, 15) is 13.2 Å². The van der Waals surface area contributed by atoms with Crippen LogP contribution < -0.4 is 0 Å². The summed E-state index contributed by atoms with van der Waals surface area (Å²) in [6.45, 7) is 0. The number of pyridine rings is 1. The summed E-state index contributed by atoms with van der Waals surface area (Å²) in [5.74, 6) is 0. The van der Waals surface area contributed by atoms with E-state index >= 15 is 0 Å². The number of rotatable bonds is 1. The maximum Gasteiger partial charge on any atom is 0.433 e. The summed E-state index contributed by atoms with van der Waals surface area (Å²) < 4.78 is 36.9. The molecular weight excluding hydrogens is 251 g/mol. The zero-order valence-corrected chi connectivity index (χ0v) is 9.26. The van der Waals surface area contributed by atoms with E-state index in [1.165, 1.54) is 12.3 Å². The fourth-order valence-corrected chi connectivity index (χ4v) is 1.59. The van der Waals surface area contributed by atoms with Gasteiger partial charge < -0.3 is 0 Å². The van der Waals surface area contributed by atoms with Crippen molar-refractivity contribution in [1.82, 2.24) is 4.98 Å². The summed E-state index contributed by atoms with van der Waals surface area (Å²) in [7, 11) is 0. The molecule has 0 radical (unpaired) electrons. The highest BCUT2D eigenvalue weighted by atomic mass is 35.5. The summed E-state index contributed by atoms with van der Waals surface area (Å²) in [6.07, 6.45) is -3.22. The van der Waals surface area contributed by atoms with E-state index in [0.29, 0.717) is 10.6 Å². The Morgan fingerprint density at radius 2 is 1.76 bits per heavy atom. The molecule has 0 spiro atoms. The monoisotopic (exact) mass is 257 g/mol. The Morgan fingerprint density at radius 1 is 1.00 bits per heavy atom. The quantitative estimate of drug-likeness (QED) is 0.737. The predicted molar refractivity (Wildman–Crippen MR) is 59.7 cm³/mol. The maximum absolute atomic E-state index is 12.3. The van der Waals surface area contributed by atoms with Crippen molar-refractivity contribution in [3.05, 3.63) is 53.3 Å². The Balaban J connectivity index is 2.36. The van der Waals surface area contributed by atoms with Crippen LogP contribution in [0, 0.1) is 0 Å². The van der Waals surface area contributed by atoms with Crippen LogP contribution in [0.2, 0.25) is 5.02 Å². The number of hydrogen-bond donors (Lipinski definition) is 0. The molecule has 1 aromatic carbocycles. The summed E-state index contributed by atoms with van der Waals surface area (Å²) in [6, 6.07) is 9.19. The highest BCUT2D eigenvalue weighted by molar-refractivity contribution is 6.30. The van der Waals surface area contributed by atoms with Gasteiger partial charge in [0.15, 0.2) is 0 Å². The highest BCUT2D eigenvalue weighted by Gasteiger charge is 2.31. The Hall–Kier alpha value is -1.55. The average molecular weight is 258 g/mol. The van der Waals surface area contributed by atoms with Crippen molar-refractivity contribution in [2.45, 2.75) is 6.18 Å². The molecule has 2 aromatic rings. The van der Waals surface area contributed by atoms with Gasteiger partial charge in [0.1, 0.15) is 5.69 Å². The fraction of sp³-hybridized carbons (Fsp3) is 0.0833. The van der Waals surface area contributed by atoms with Crippen LogP contribution in [-0.4, -0.2) is 4.98 Å². The highest BCUT2D eigenvalue weighted by Crippen LogP contribution is 2.29. The van der Waals surface area contributed by atoms with Crippen molar-refractivity contribution < 1.29 is 13.2 Å². The first kappa shape index (κ1) is 11.9. The van der Waals surface area contributed by atoms with Gasteiger partial charge in [0.25, 0.3) is 0 Å². The predicted octanol–water partition coefficient (Wildman–Crippen LogP) is 4.42. The lowest BCUT2D eigenvalue weighted by Gasteiger charge is -2.06. The minimum absolute atomic E-state index is 0.530. The van der Waals surface area contributed by atoms with E-state index in [2.05, 4.69) is 4.98 Å². The number of alkyl halides is 3. The third-order valence-electron chi connectivity index (χ3n) is 2.21. The molecule has 0 fully saturated rings. The van der Waals surface area contributed by atoms with E-state index in [1.54, 1.807) is 24.3 Å². The third kappa shape index (κ3) is 2.77. The third-order valence-corrected chi connectivity index (χ3v) is 2.45. The molecule has 0 saturated heterocycles. The number of nitrogens with zero attached hydrogens (tertiary/aromatic N) is 1. The SMILES string of the molecule is FC(F)(F)c1ccc(-c2cccc(Cl)c2)cn1. The first-order valence-corrected chi connectivity index (χ1v) is 5.14. The largest absolute Gasteiger partial charge is 0.433 e. The molecule has 0 bridgehead atoms. The molecule has 0 saturated carbocycles. The number of benzene rings is 1. The zero-order chi connectivity index (χ0) is 12.5. The molecule has 1 aromatic heterocycles. The van der Waals surface area contributed by atoms with Gasteiger partial charge >= 0.3 is 6.18 Å². The van der Waals surface area contributed by atoms with E-state index in [0.717, 1.165) is 11.6 Å². The van der Waals surface area contributed by atoms with Crippen LogP contribution in [0.15, 0.2) is 42.6 Å². The van der Waals surface area contributed by atoms with Crippen molar-refractivity contribution in [2.75, 3.05) is 0 Å². The molecule has 0 aliphatic heterocycles. The molecule has 0 aliphatic carbocycles. The van der Waals surface area contributed by atoms with Crippen LogP contribution >= 0.6 is 11.6 Å². The van der Waals surface area contributed by atoms with Crippen molar-refractivity contribution in [2.24, 2.45) is 0 Å². The number of hydrogen-bond acceptors (Lipinski definition) is 1. The molecule has 17 heavy (non-hydrogen) atoms. The van der Waals surface area contributed by atoms with Gasteiger partial charge in [-0.05, 0) is 23.8 Å². The summed E-state index contributed by atoms with van der Waals surface area (Å²) in [5.41, 5.74) is 0.433. The second kappa shape index (κ2) is 4.37. The van der Waals surface area contributed by atoms with E-state index < -0.39 is 11.9 Å². The van der Waals surface area contributed by atoms with E-state index in [-0.39, 0.29) is 0 Å². The fourth-order valence-electron chi connectivity index (χ4n) is 1.40. The van der Waals surface area contributed by atoms with Crippen molar-refractivity contribution in [1.29, 1.82) is 0 Å². The van der Waals surface area contributed by atoms with Gasteiger partial charge in [-0.15, -0.1) is 0 Å². The molecule has 0 amide bonds. The molecule has 1 heterocycles. The van der Waals surface area contributed by atoms with Crippen LogP contribution in [0.25, 0.3) is 11.1 Å². The lowest BCUT2D eigenvalue weighted by atomic mass is 10.1. The second-order valence-electron chi connectivity index (χ2n) is 3.44. The lowest BCUT2D eigenvalue weighted by Crippen LogP contribution is -2.07. The standard InChI is InChI=1S/C12H7ClF3N/c13-10-3-1-2-8(6-10)9-4-5-11(17-7-9)12(14,15)16/h1-7H. The lowest BCUT2D eigenvalue weighted by molar-refractivity contribution is -0.141. The van der Waals surface area contributed by atoms with Gasteiger partial charge in [-0.1, -0.05) is 29.8 Å². The van der Waals surface area contributed by atoms with Crippen LogP contribution in [0.3, 0.4) is 0 Å². The smallest absolute Gasteiger partial charge is 0.251 e. The molecule has 0 atom stereocenters. The molecular formula is C12H7ClF3N. The minimum Gasteiger partial charge on any atom is -0.251 e. The summed E-state index contributed by atoms with van der Waals surface area (Å²) >= 11 is 5.80. The molecule has 0 unspecified atom stereocenters. The summed E-state index contributed by atoms with van der Waals surface area (Å²) in [4.78, 5) is 3.39. The molecule has 0 aliphatic rings. The minimum atomic E-state index is -4.41. The van der Waals surface area contributed by atoms with Crippen molar-refractivity contribution >= 4 is 11.6 Å². The topological polar surface area (TPSA) is 12.9 Å². The van der Waals surface area contributed by atoms with Gasteiger partial charge in [-0.3, -0.25) is 4.98 Å². The first-order chi connectivity index (χ1) is 7.97. The van der Waals surface area contributed by atoms with Crippen LogP contribution in [0.4, 0.5) is 13.2 Å². The number of aromatic nitrogens is 1. The Kier molecular flexibility index (Phi) is 3.07. The van der Waals surface area contributed by atoms with Gasteiger partial charge in [0.05, 0.1) is 0 Å². The van der Waals surface area contributed by atoms with Crippen LogP contribution in [0.5, 0.6) is 0 Å². The molecule has 2 rings (SSSR count). The molecule has 88 valence electrons. The van der Waals surface area contributed by atoms with Gasteiger partial charge in [0.2, 0.25) is 0 Å². The molecule has 5 heteroatoms. The molecule has 1 nitrogen and oxygen atoms in total. The Morgan fingerprint density at radius 3 is 2.29 bits per heavy atom. The zero-order valence-electron chi connectivity index (χ0n) is 8.50. The van der Waals surface area contributed by atoms with Gasteiger partial charge in [-0.2, -0.15) is 13.2 Å². The number of halogens is 4. The molecule has 0 N–H and O–H groups in total. The average Bonchev–Trinajstić information content (AvgIpc) is 2.28. The van der Waals surface area contributed by atoms with Gasteiger partial charge in [-0.25, -0.2) is 0 Å². The summed E-state index contributed by atoms with van der Waals surface area (Å²) in [5, 5.41) is 0.530. The Labute approximate surface area is 101 Å². The van der Waals surface area contributed by atoms with Crippen molar-refractivity contribution in [3.63, 3.8) is 0 Å². The maximum atomic E-state index is 12.3. The van der Waals surface area contributed by atoms with Crippen LogP contribution in [0.1, 0.15) is 5.69 Å². The Bertz CT molecular complexity index is 520.